The molecule has 11 aromatic carbocycles. The highest BCUT2D eigenvalue weighted by Gasteiger charge is 2.46. The molecule has 14 aromatic rings. The van der Waals surface area contributed by atoms with Crippen molar-refractivity contribution in [2.75, 3.05) is 4.90 Å². The maximum absolute atomic E-state index is 7.33. The van der Waals surface area contributed by atoms with Crippen LogP contribution in [-0.2, 0) is 10.8 Å². The smallest absolute Gasteiger partial charge is 0.257 e. The zero-order valence-electron chi connectivity index (χ0n) is 45.3. The minimum Gasteiger partial charge on any atom is -0.457 e. The van der Waals surface area contributed by atoms with Crippen molar-refractivity contribution in [3.05, 3.63) is 242 Å². The first-order valence-corrected chi connectivity index (χ1v) is 27.9. The highest BCUT2D eigenvalue weighted by atomic mass is 16.3. The zero-order valence-corrected chi connectivity index (χ0v) is 45.3. The number of anilines is 3. The maximum atomic E-state index is 7.33. The summed E-state index contributed by atoms with van der Waals surface area (Å²) >= 11 is 0. The molecule has 0 radical (unpaired) electrons. The Bertz CT molecular complexity index is 4790. The molecule has 0 amide bonds. The van der Waals surface area contributed by atoms with Crippen molar-refractivity contribution < 1.29 is 4.42 Å². The number of benzene rings is 11. The van der Waals surface area contributed by atoms with Gasteiger partial charge in [-0.1, -0.05) is 211 Å². The predicted molar refractivity (Wildman–Crippen MR) is 335 cm³/mol. The van der Waals surface area contributed by atoms with Gasteiger partial charge in [0, 0.05) is 66.2 Å². The summed E-state index contributed by atoms with van der Waals surface area (Å²) in [5.41, 5.74) is 25.5. The average Bonchev–Trinajstić information content (AvgIpc) is 3.28. The van der Waals surface area contributed by atoms with Crippen molar-refractivity contribution in [2.24, 2.45) is 0 Å². The van der Waals surface area contributed by atoms with E-state index in [1.807, 2.05) is 0 Å². The molecule has 2 aliphatic rings. The molecule has 0 aliphatic carbocycles. The molecule has 16 rings (SSSR count). The van der Waals surface area contributed by atoms with E-state index in [-0.39, 0.29) is 17.5 Å². The highest BCUT2D eigenvalue weighted by molar-refractivity contribution is 7.01. The van der Waals surface area contributed by atoms with Crippen LogP contribution in [0.15, 0.2) is 235 Å². The van der Waals surface area contributed by atoms with Gasteiger partial charge in [0.05, 0.1) is 27.8 Å². The number of furan rings is 1. The number of rotatable bonds is 5. The summed E-state index contributed by atoms with van der Waals surface area (Å²) in [4.78, 5) is 2.69. The molecule has 376 valence electrons. The summed E-state index contributed by atoms with van der Waals surface area (Å²) in [6.07, 6.45) is 0. The van der Waals surface area contributed by atoms with E-state index in [0.717, 1.165) is 50.3 Å². The second-order valence-corrected chi connectivity index (χ2v) is 24.1. The van der Waals surface area contributed by atoms with Gasteiger partial charge in [0.15, 0.2) is 0 Å². The molecule has 0 spiro atoms. The first-order valence-electron chi connectivity index (χ1n) is 27.9. The van der Waals surface area contributed by atoms with Gasteiger partial charge in [-0.05, 0) is 121 Å². The lowest BCUT2D eigenvalue weighted by Gasteiger charge is -2.42. The molecular formula is C74H56BN3O. The quantitative estimate of drug-likeness (QED) is 0.161. The molecule has 0 fully saturated rings. The SMILES string of the molecule is CC(C)(C)c1cccc(-c2cccc(-c3cccc(C(C)(C)C)c3)c2N2c3cc4c5ccccc5n(-c5ccccc5)c4cc3B3c4c2cc(-c2ccccc2)cc4-n2c4ccccc4c4cc5c(oc6ccccc65)c3c42)c1. The van der Waals surface area contributed by atoms with Crippen LogP contribution in [-0.4, -0.2) is 15.8 Å². The van der Waals surface area contributed by atoms with Crippen molar-refractivity contribution >= 4 is 106 Å². The Morgan fingerprint density at radius 3 is 1.59 bits per heavy atom. The molecule has 0 unspecified atom stereocenters. The monoisotopic (exact) mass is 1010 g/mol. The lowest BCUT2D eigenvalue weighted by atomic mass is 9.33. The van der Waals surface area contributed by atoms with Gasteiger partial charge >= 0.3 is 0 Å². The molecule has 4 nitrogen and oxygen atoms in total. The molecule has 0 saturated carbocycles. The second-order valence-electron chi connectivity index (χ2n) is 24.1. The minimum absolute atomic E-state index is 0.0678. The van der Waals surface area contributed by atoms with E-state index in [2.05, 4.69) is 286 Å². The second kappa shape index (κ2) is 16.6. The summed E-state index contributed by atoms with van der Waals surface area (Å²) in [7, 11) is 0. The van der Waals surface area contributed by atoms with Crippen LogP contribution in [0.2, 0.25) is 0 Å². The van der Waals surface area contributed by atoms with Gasteiger partial charge in [0.1, 0.15) is 11.2 Å². The van der Waals surface area contributed by atoms with Gasteiger partial charge < -0.3 is 18.5 Å². The van der Waals surface area contributed by atoms with Crippen molar-refractivity contribution in [1.82, 2.24) is 9.13 Å². The molecular weight excluding hydrogens is 958 g/mol. The van der Waals surface area contributed by atoms with E-state index in [4.69, 9.17) is 4.42 Å². The van der Waals surface area contributed by atoms with Gasteiger partial charge in [-0.2, -0.15) is 0 Å². The summed E-state index contributed by atoms with van der Waals surface area (Å²) in [5.74, 6) is 0. The van der Waals surface area contributed by atoms with Crippen LogP contribution in [0.5, 0.6) is 0 Å². The van der Waals surface area contributed by atoms with Gasteiger partial charge in [0.25, 0.3) is 6.71 Å². The van der Waals surface area contributed by atoms with E-state index in [1.165, 1.54) is 105 Å². The molecule has 2 aliphatic heterocycles. The highest BCUT2D eigenvalue weighted by Crippen LogP contribution is 2.52. The van der Waals surface area contributed by atoms with Crippen molar-refractivity contribution in [1.29, 1.82) is 0 Å². The number of aromatic nitrogens is 2. The number of fused-ring (bicyclic) bond motifs is 14. The Balaban J connectivity index is 1.14. The standard InChI is InChI=1S/C74H56BN3O/c1-73(2,3)49-26-19-24-46(38-49)52-33-21-34-53(47-25-20-27-50(39-47)74(4,5)6)70(52)78-64-43-57-54-30-13-16-35-61(54)76(51-28-11-8-12-29-51)63(57)44-60(64)75-68-65(40-48(41-66(68)78)45-22-9-7-10-23-45)77-62-36-17-14-31-55(62)58-42-59-56-32-15-18-37-67(56)79-72(59)69(75)71(58)77/h7-44H,1-6H3. The number of para-hydroxylation sites is 5. The third kappa shape index (κ3) is 6.69. The Hall–Kier alpha value is -9.32. The number of hydrogen-bond acceptors (Lipinski definition) is 2. The fraction of sp³-hybridized carbons (Fsp3) is 0.108. The summed E-state index contributed by atoms with van der Waals surface area (Å²) < 4.78 is 12.4. The predicted octanol–water partition coefficient (Wildman–Crippen LogP) is 18.0. The van der Waals surface area contributed by atoms with Gasteiger partial charge in [-0.25, -0.2) is 0 Å². The molecule has 3 aromatic heterocycles. The van der Waals surface area contributed by atoms with Crippen LogP contribution in [0.1, 0.15) is 52.7 Å². The van der Waals surface area contributed by atoms with E-state index in [1.54, 1.807) is 0 Å². The topological polar surface area (TPSA) is 26.2 Å². The molecule has 0 saturated heterocycles. The largest absolute Gasteiger partial charge is 0.457 e. The summed E-state index contributed by atoms with van der Waals surface area (Å²) in [5, 5.41) is 7.14. The fourth-order valence-corrected chi connectivity index (χ4v) is 13.6. The Labute approximate surface area is 460 Å². The lowest BCUT2D eigenvalue weighted by molar-refractivity contribution is 0.590. The first kappa shape index (κ1) is 45.8. The average molecular weight is 1010 g/mol. The van der Waals surface area contributed by atoms with Crippen LogP contribution >= 0.6 is 0 Å². The maximum Gasteiger partial charge on any atom is 0.257 e. The van der Waals surface area contributed by atoms with Crippen LogP contribution < -0.4 is 21.3 Å². The van der Waals surface area contributed by atoms with Crippen molar-refractivity contribution in [2.45, 2.75) is 52.4 Å². The summed E-state index contributed by atoms with van der Waals surface area (Å²) in [6.45, 7) is 13.7. The van der Waals surface area contributed by atoms with E-state index in [0.29, 0.717) is 0 Å². The number of nitrogens with zero attached hydrogens (tertiary/aromatic N) is 3. The van der Waals surface area contributed by atoms with E-state index in [9.17, 15) is 0 Å². The van der Waals surface area contributed by atoms with E-state index < -0.39 is 0 Å². The Morgan fingerprint density at radius 1 is 0.367 bits per heavy atom. The molecule has 79 heavy (non-hydrogen) atoms. The number of hydrogen-bond donors (Lipinski definition) is 0. The third-order valence-electron chi connectivity index (χ3n) is 17.4. The lowest BCUT2D eigenvalue weighted by Crippen LogP contribution is -2.60. The van der Waals surface area contributed by atoms with Crippen LogP contribution in [0.4, 0.5) is 17.1 Å². The molecule has 5 heterocycles. The fourth-order valence-electron chi connectivity index (χ4n) is 13.6. The Morgan fingerprint density at radius 2 is 0.924 bits per heavy atom. The van der Waals surface area contributed by atoms with Gasteiger partial charge in [0.2, 0.25) is 0 Å². The minimum atomic E-state index is -0.236. The van der Waals surface area contributed by atoms with Gasteiger partial charge in [-0.3, -0.25) is 0 Å². The normalized spacial score (nSPS) is 13.1. The Kier molecular flexibility index (Phi) is 9.63. The van der Waals surface area contributed by atoms with Crippen molar-refractivity contribution in [3.63, 3.8) is 0 Å². The molecule has 0 N–H and O–H groups in total. The summed E-state index contributed by atoms with van der Waals surface area (Å²) in [6, 6.07) is 86.6. The molecule has 5 heteroatoms. The first-order chi connectivity index (χ1) is 38.5. The van der Waals surface area contributed by atoms with Crippen molar-refractivity contribution in [3.8, 4) is 44.8 Å². The van der Waals surface area contributed by atoms with Crippen LogP contribution in [0.25, 0.3) is 110 Å². The molecule has 0 bridgehead atoms. The zero-order chi connectivity index (χ0) is 53.1. The van der Waals surface area contributed by atoms with Crippen LogP contribution in [0, 0.1) is 0 Å². The van der Waals surface area contributed by atoms with Crippen LogP contribution in [0.3, 0.4) is 0 Å². The molecule has 0 atom stereocenters. The third-order valence-corrected chi connectivity index (χ3v) is 17.4. The van der Waals surface area contributed by atoms with E-state index >= 15 is 0 Å². The van der Waals surface area contributed by atoms with Gasteiger partial charge in [-0.15, -0.1) is 0 Å².